The van der Waals surface area contributed by atoms with Gasteiger partial charge in [0.1, 0.15) is 0 Å². The fraction of sp³-hybridized carbons (Fsp3) is 0.500. The maximum atomic E-state index is 11.9. The van der Waals surface area contributed by atoms with E-state index in [0.29, 0.717) is 19.5 Å². The van der Waals surface area contributed by atoms with Crippen molar-refractivity contribution in [2.45, 2.75) is 27.2 Å². The fourth-order valence-corrected chi connectivity index (χ4v) is 2.30. The lowest BCUT2D eigenvalue weighted by Gasteiger charge is -2.28. The van der Waals surface area contributed by atoms with Crippen LogP contribution in [0.25, 0.3) is 0 Å². The van der Waals surface area contributed by atoms with Crippen LogP contribution in [0.5, 0.6) is 0 Å². The van der Waals surface area contributed by atoms with Crippen molar-refractivity contribution < 1.29 is 9.59 Å². The third-order valence-electron chi connectivity index (χ3n) is 3.25. The van der Waals surface area contributed by atoms with E-state index in [1.165, 1.54) is 0 Å². The van der Waals surface area contributed by atoms with Crippen LogP contribution >= 0.6 is 0 Å². The molecule has 0 aromatic heterocycles. The molecule has 1 saturated heterocycles. The van der Waals surface area contributed by atoms with Gasteiger partial charge in [0.05, 0.1) is 6.54 Å². The minimum Gasteiger partial charge on any atom is -0.360 e. The average molecular weight is 289 g/mol. The Morgan fingerprint density at radius 3 is 2.52 bits per heavy atom. The van der Waals surface area contributed by atoms with Crippen LogP contribution in [0.3, 0.4) is 0 Å². The predicted molar refractivity (Wildman–Crippen MR) is 84.4 cm³/mol. The molecule has 5 nitrogen and oxygen atoms in total. The van der Waals surface area contributed by atoms with Crippen LogP contribution in [-0.4, -0.2) is 31.4 Å². The van der Waals surface area contributed by atoms with E-state index in [4.69, 9.17) is 0 Å². The molecule has 1 aliphatic rings. The highest BCUT2D eigenvalue weighted by atomic mass is 16.2. The van der Waals surface area contributed by atoms with Gasteiger partial charge in [0, 0.05) is 30.9 Å². The van der Waals surface area contributed by atoms with Crippen LogP contribution in [0.1, 0.15) is 27.2 Å². The summed E-state index contributed by atoms with van der Waals surface area (Å²) in [5.41, 5.74) is 1.76. The van der Waals surface area contributed by atoms with E-state index in [-0.39, 0.29) is 17.2 Å². The summed E-state index contributed by atoms with van der Waals surface area (Å²) in [5.74, 6) is 0.0661. The summed E-state index contributed by atoms with van der Waals surface area (Å²) in [6.45, 7) is 7.98. The van der Waals surface area contributed by atoms with Gasteiger partial charge < -0.3 is 15.5 Å². The number of nitrogens with zero attached hydrogens (tertiary/aromatic N) is 1. The SMILES string of the molecule is CC(C)(C)CC(=O)Nc1ccc(N2CCNC(=O)C2)cc1. The Kier molecular flexibility index (Phi) is 4.50. The van der Waals surface area contributed by atoms with Crippen molar-refractivity contribution in [1.29, 1.82) is 0 Å². The van der Waals surface area contributed by atoms with Crippen LogP contribution in [0, 0.1) is 5.41 Å². The molecule has 0 radical (unpaired) electrons. The van der Waals surface area contributed by atoms with Crippen molar-refractivity contribution >= 4 is 23.2 Å². The van der Waals surface area contributed by atoms with Crippen molar-refractivity contribution in [3.05, 3.63) is 24.3 Å². The van der Waals surface area contributed by atoms with Crippen molar-refractivity contribution in [2.75, 3.05) is 29.9 Å². The molecule has 0 aliphatic carbocycles. The lowest BCUT2D eigenvalue weighted by Crippen LogP contribution is -2.47. The molecular formula is C16H23N3O2. The molecule has 21 heavy (non-hydrogen) atoms. The Morgan fingerprint density at radius 2 is 1.95 bits per heavy atom. The van der Waals surface area contributed by atoms with Gasteiger partial charge in [-0.3, -0.25) is 9.59 Å². The van der Waals surface area contributed by atoms with Crippen LogP contribution in [-0.2, 0) is 9.59 Å². The molecule has 2 amide bonds. The molecule has 0 unspecified atom stereocenters. The predicted octanol–water partition coefficient (Wildman–Crippen LogP) is 2.00. The molecule has 0 spiro atoms. The maximum Gasteiger partial charge on any atom is 0.239 e. The van der Waals surface area contributed by atoms with Crippen molar-refractivity contribution in [2.24, 2.45) is 5.41 Å². The third-order valence-corrected chi connectivity index (χ3v) is 3.25. The molecule has 0 saturated carbocycles. The Morgan fingerprint density at radius 1 is 1.29 bits per heavy atom. The van der Waals surface area contributed by atoms with Crippen LogP contribution in [0.4, 0.5) is 11.4 Å². The monoisotopic (exact) mass is 289 g/mol. The largest absolute Gasteiger partial charge is 0.360 e. The third kappa shape index (κ3) is 4.77. The number of benzene rings is 1. The first-order valence-electron chi connectivity index (χ1n) is 7.25. The van der Waals surface area contributed by atoms with Gasteiger partial charge in [-0.1, -0.05) is 20.8 Å². The zero-order valence-corrected chi connectivity index (χ0v) is 12.9. The maximum absolute atomic E-state index is 11.9. The normalized spacial score (nSPS) is 15.6. The van der Waals surface area contributed by atoms with Gasteiger partial charge in [-0.15, -0.1) is 0 Å². The highest BCUT2D eigenvalue weighted by Gasteiger charge is 2.17. The number of carbonyl (C=O) groups excluding carboxylic acids is 2. The number of anilines is 2. The fourth-order valence-electron chi connectivity index (χ4n) is 2.30. The molecule has 2 N–H and O–H groups in total. The number of hydrogen-bond donors (Lipinski definition) is 2. The van der Waals surface area contributed by atoms with Gasteiger partial charge in [0.25, 0.3) is 0 Å². The van der Waals surface area contributed by atoms with Gasteiger partial charge in [0.15, 0.2) is 0 Å². The molecule has 1 aromatic rings. The van der Waals surface area contributed by atoms with Crippen molar-refractivity contribution in [3.8, 4) is 0 Å². The first-order chi connectivity index (χ1) is 9.83. The van der Waals surface area contributed by atoms with E-state index in [9.17, 15) is 9.59 Å². The number of nitrogens with one attached hydrogen (secondary N) is 2. The number of amides is 2. The first-order valence-corrected chi connectivity index (χ1v) is 7.25. The second kappa shape index (κ2) is 6.16. The second-order valence-electron chi connectivity index (χ2n) is 6.60. The molecule has 2 rings (SSSR count). The molecule has 114 valence electrons. The summed E-state index contributed by atoms with van der Waals surface area (Å²) < 4.78 is 0. The molecule has 1 fully saturated rings. The highest BCUT2D eigenvalue weighted by Crippen LogP contribution is 2.21. The summed E-state index contributed by atoms with van der Waals surface area (Å²) in [5, 5.41) is 5.70. The lowest BCUT2D eigenvalue weighted by molar-refractivity contribution is -0.120. The highest BCUT2D eigenvalue weighted by molar-refractivity contribution is 5.91. The van der Waals surface area contributed by atoms with Gasteiger partial charge in [-0.25, -0.2) is 0 Å². The number of carbonyl (C=O) groups is 2. The molecule has 1 aliphatic heterocycles. The van der Waals surface area contributed by atoms with Crippen LogP contribution < -0.4 is 15.5 Å². The van der Waals surface area contributed by atoms with Crippen molar-refractivity contribution in [3.63, 3.8) is 0 Å². The number of piperazine rings is 1. The minimum absolute atomic E-state index is 0.0209. The lowest BCUT2D eigenvalue weighted by atomic mass is 9.92. The Labute approximate surface area is 125 Å². The molecule has 0 atom stereocenters. The zero-order valence-electron chi connectivity index (χ0n) is 12.9. The van der Waals surface area contributed by atoms with Gasteiger partial charge >= 0.3 is 0 Å². The summed E-state index contributed by atoms with van der Waals surface area (Å²) in [7, 11) is 0. The second-order valence-corrected chi connectivity index (χ2v) is 6.60. The van der Waals surface area contributed by atoms with E-state index >= 15 is 0 Å². The number of rotatable bonds is 3. The van der Waals surface area contributed by atoms with Gasteiger partial charge in [-0.2, -0.15) is 0 Å². The Hall–Kier alpha value is -2.04. The standard InChI is InChI=1S/C16H23N3O2/c1-16(2,3)10-14(20)18-12-4-6-13(7-5-12)19-9-8-17-15(21)11-19/h4-7H,8-11H2,1-3H3,(H,17,21)(H,18,20). The average Bonchev–Trinajstić information content (AvgIpc) is 2.37. The minimum atomic E-state index is -0.0226. The zero-order chi connectivity index (χ0) is 15.5. The van der Waals surface area contributed by atoms with E-state index in [2.05, 4.69) is 10.6 Å². The van der Waals surface area contributed by atoms with Gasteiger partial charge in [-0.05, 0) is 29.7 Å². The molecule has 0 bridgehead atoms. The van der Waals surface area contributed by atoms with Crippen LogP contribution in [0.15, 0.2) is 24.3 Å². The first kappa shape index (κ1) is 15.4. The Balaban J connectivity index is 1.95. The molecular weight excluding hydrogens is 266 g/mol. The summed E-state index contributed by atoms with van der Waals surface area (Å²) in [6, 6.07) is 7.63. The summed E-state index contributed by atoms with van der Waals surface area (Å²) in [6.07, 6.45) is 0.487. The summed E-state index contributed by atoms with van der Waals surface area (Å²) in [4.78, 5) is 25.3. The van der Waals surface area contributed by atoms with E-state index < -0.39 is 0 Å². The number of hydrogen-bond acceptors (Lipinski definition) is 3. The Bertz CT molecular complexity index is 517. The smallest absolute Gasteiger partial charge is 0.239 e. The van der Waals surface area contributed by atoms with E-state index in [1.54, 1.807) is 0 Å². The van der Waals surface area contributed by atoms with E-state index in [1.807, 2.05) is 49.9 Å². The topological polar surface area (TPSA) is 61.4 Å². The van der Waals surface area contributed by atoms with Crippen molar-refractivity contribution in [1.82, 2.24) is 5.32 Å². The molecule has 5 heteroatoms. The molecule has 1 aromatic carbocycles. The van der Waals surface area contributed by atoms with E-state index in [0.717, 1.165) is 17.9 Å². The van der Waals surface area contributed by atoms with Gasteiger partial charge in [0.2, 0.25) is 11.8 Å². The molecule has 1 heterocycles. The quantitative estimate of drug-likeness (QED) is 0.894. The summed E-state index contributed by atoms with van der Waals surface area (Å²) >= 11 is 0. The van der Waals surface area contributed by atoms with Crippen LogP contribution in [0.2, 0.25) is 0 Å².